The van der Waals surface area contributed by atoms with Gasteiger partial charge in [-0.1, -0.05) is 6.92 Å². The second-order valence-corrected chi connectivity index (χ2v) is 7.15. The van der Waals surface area contributed by atoms with Gasteiger partial charge in [-0.05, 0) is 54.0 Å². The molecule has 1 aromatic rings. The van der Waals surface area contributed by atoms with Crippen molar-refractivity contribution in [3.63, 3.8) is 0 Å². The SMILES string of the molecule is CC1C[C@H](C(=O)N2CCCC2c2ccsc2)[C@H](C(=O)O)C1. The van der Waals surface area contributed by atoms with Crippen LogP contribution in [0.1, 0.15) is 44.2 Å². The van der Waals surface area contributed by atoms with Crippen molar-refractivity contribution >= 4 is 23.2 Å². The lowest BCUT2D eigenvalue weighted by Gasteiger charge is -2.28. The second-order valence-electron chi connectivity index (χ2n) is 6.37. The summed E-state index contributed by atoms with van der Waals surface area (Å²) in [5.41, 5.74) is 1.20. The monoisotopic (exact) mass is 307 g/mol. The molecule has 3 rings (SSSR count). The van der Waals surface area contributed by atoms with Gasteiger partial charge in [0.1, 0.15) is 0 Å². The van der Waals surface area contributed by atoms with Crippen molar-refractivity contribution in [2.75, 3.05) is 6.54 Å². The van der Waals surface area contributed by atoms with Crippen LogP contribution in [0.15, 0.2) is 16.8 Å². The number of hydrogen-bond donors (Lipinski definition) is 1. The lowest BCUT2D eigenvalue weighted by Crippen LogP contribution is -2.38. The van der Waals surface area contributed by atoms with E-state index in [1.807, 2.05) is 17.2 Å². The molecule has 2 heterocycles. The third-order valence-corrected chi connectivity index (χ3v) is 5.60. The minimum absolute atomic E-state index is 0.0560. The molecule has 2 unspecified atom stereocenters. The summed E-state index contributed by atoms with van der Waals surface area (Å²) in [6.45, 7) is 2.81. The molecule has 0 radical (unpaired) electrons. The highest BCUT2D eigenvalue weighted by Gasteiger charge is 2.44. The number of carboxylic acid groups (broad SMARTS) is 1. The quantitative estimate of drug-likeness (QED) is 0.933. The lowest BCUT2D eigenvalue weighted by atomic mass is 9.94. The zero-order chi connectivity index (χ0) is 15.0. The van der Waals surface area contributed by atoms with Gasteiger partial charge in [-0.25, -0.2) is 0 Å². The fourth-order valence-corrected chi connectivity index (χ4v) is 4.60. The normalized spacial score (nSPS) is 32.5. The van der Waals surface area contributed by atoms with E-state index in [-0.39, 0.29) is 17.9 Å². The Hall–Kier alpha value is -1.36. The topological polar surface area (TPSA) is 57.6 Å². The first kappa shape index (κ1) is 14.6. The highest BCUT2D eigenvalue weighted by Crippen LogP contribution is 2.41. The van der Waals surface area contributed by atoms with Gasteiger partial charge in [0.05, 0.1) is 17.9 Å². The van der Waals surface area contributed by atoms with Crippen LogP contribution in [0.25, 0.3) is 0 Å². The van der Waals surface area contributed by atoms with E-state index in [1.54, 1.807) is 11.3 Å². The molecule has 4 nitrogen and oxygen atoms in total. The van der Waals surface area contributed by atoms with Crippen molar-refractivity contribution in [1.29, 1.82) is 0 Å². The smallest absolute Gasteiger partial charge is 0.307 e. The summed E-state index contributed by atoms with van der Waals surface area (Å²) in [5.74, 6) is -1.28. The molecule has 0 bridgehead atoms. The number of rotatable bonds is 3. The molecule has 21 heavy (non-hydrogen) atoms. The number of thiophene rings is 1. The van der Waals surface area contributed by atoms with Gasteiger partial charge in [-0.3, -0.25) is 9.59 Å². The van der Waals surface area contributed by atoms with Crippen LogP contribution < -0.4 is 0 Å². The molecule has 1 N–H and O–H groups in total. The number of nitrogens with zero attached hydrogens (tertiary/aromatic N) is 1. The maximum Gasteiger partial charge on any atom is 0.307 e. The Labute approximate surface area is 128 Å². The molecule has 114 valence electrons. The third kappa shape index (κ3) is 2.71. The van der Waals surface area contributed by atoms with Gasteiger partial charge in [-0.2, -0.15) is 11.3 Å². The van der Waals surface area contributed by atoms with Gasteiger partial charge in [0.25, 0.3) is 0 Å². The van der Waals surface area contributed by atoms with Gasteiger partial charge < -0.3 is 10.0 Å². The van der Waals surface area contributed by atoms with E-state index in [1.165, 1.54) is 5.56 Å². The van der Waals surface area contributed by atoms with Crippen LogP contribution >= 0.6 is 11.3 Å². The molecule has 1 aliphatic carbocycles. The van der Waals surface area contributed by atoms with E-state index in [0.717, 1.165) is 19.4 Å². The van der Waals surface area contributed by atoms with E-state index in [9.17, 15) is 14.7 Å². The number of carboxylic acids is 1. The zero-order valence-electron chi connectivity index (χ0n) is 12.2. The average molecular weight is 307 g/mol. The number of amides is 1. The molecule has 2 aliphatic rings. The Balaban J connectivity index is 1.79. The van der Waals surface area contributed by atoms with Crippen molar-refractivity contribution in [1.82, 2.24) is 4.90 Å². The fourth-order valence-electron chi connectivity index (χ4n) is 3.89. The van der Waals surface area contributed by atoms with Crippen LogP contribution in [0.2, 0.25) is 0 Å². The first-order chi connectivity index (χ1) is 10.1. The Morgan fingerprint density at radius 3 is 2.76 bits per heavy atom. The van der Waals surface area contributed by atoms with E-state index in [2.05, 4.69) is 11.4 Å². The summed E-state index contributed by atoms with van der Waals surface area (Å²) in [4.78, 5) is 26.2. The number of carbonyl (C=O) groups is 2. The molecule has 0 spiro atoms. The van der Waals surface area contributed by atoms with E-state index < -0.39 is 11.9 Å². The largest absolute Gasteiger partial charge is 0.481 e. The van der Waals surface area contributed by atoms with Crippen LogP contribution in [0, 0.1) is 17.8 Å². The summed E-state index contributed by atoms with van der Waals surface area (Å²) >= 11 is 1.65. The number of carbonyl (C=O) groups excluding carboxylic acids is 1. The van der Waals surface area contributed by atoms with E-state index in [0.29, 0.717) is 18.8 Å². The van der Waals surface area contributed by atoms with Crippen LogP contribution in [0.3, 0.4) is 0 Å². The van der Waals surface area contributed by atoms with Crippen molar-refractivity contribution in [2.24, 2.45) is 17.8 Å². The Morgan fingerprint density at radius 1 is 1.33 bits per heavy atom. The Morgan fingerprint density at radius 2 is 2.10 bits per heavy atom. The van der Waals surface area contributed by atoms with E-state index >= 15 is 0 Å². The zero-order valence-corrected chi connectivity index (χ0v) is 13.0. The third-order valence-electron chi connectivity index (χ3n) is 4.90. The molecule has 0 aromatic carbocycles. The van der Waals surface area contributed by atoms with Gasteiger partial charge in [0, 0.05) is 6.54 Å². The maximum absolute atomic E-state index is 12.9. The average Bonchev–Trinajstić information content (AvgIpc) is 3.17. The Kier molecular flexibility index (Phi) is 4.02. The predicted molar refractivity (Wildman–Crippen MR) is 81.0 cm³/mol. The molecule has 5 heteroatoms. The fraction of sp³-hybridized carbons (Fsp3) is 0.625. The summed E-state index contributed by atoms with van der Waals surface area (Å²) < 4.78 is 0. The Bertz CT molecular complexity index is 528. The van der Waals surface area contributed by atoms with Gasteiger partial charge in [0.2, 0.25) is 5.91 Å². The standard InChI is InChI=1S/C16H21NO3S/c1-10-7-12(13(8-10)16(19)20)15(18)17-5-2-3-14(17)11-4-6-21-9-11/h4,6,9-10,12-14H,2-3,5,7-8H2,1H3,(H,19,20)/t10?,12-,13+,14?/m0/s1. The minimum atomic E-state index is -0.816. The molecular formula is C16H21NO3S. The minimum Gasteiger partial charge on any atom is -0.481 e. The van der Waals surface area contributed by atoms with Crippen LogP contribution in [-0.2, 0) is 9.59 Å². The molecule has 1 aromatic heterocycles. The van der Waals surface area contributed by atoms with Crippen molar-refractivity contribution in [3.8, 4) is 0 Å². The second kappa shape index (κ2) is 5.79. The van der Waals surface area contributed by atoms with E-state index in [4.69, 9.17) is 0 Å². The predicted octanol–water partition coefficient (Wildman–Crippen LogP) is 3.16. The molecular weight excluding hydrogens is 286 g/mol. The maximum atomic E-state index is 12.9. The van der Waals surface area contributed by atoms with Crippen molar-refractivity contribution < 1.29 is 14.7 Å². The van der Waals surface area contributed by atoms with Gasteiger partial charge >= 0.3 is 5.97 Å². The van der Waals surface area contributed by atoms with Crippen LogP contribution in [0.4, 0.5) is 0 Å². The summed E-state index contributed by atoms with van der Waals surface area (Å²) in [6, 6.07) is 2.22. The molecule has 2 fully saturated rings. The highest BCUT2D eigenvalue weighted by molar-refractivity contribution is 7.07. The number of aliphatic carboxylic acids is 1. The summed E-state index contributed by atoms with van der Waals surface area (Å²) in [7, 11) is 0. The lowest BCUT2D eigenvalue weighted by molar-refractivity contribution is -0.149. The van der Waals surface area contributed by atoms with Crippen LogP contribution in [-0.4, -0.2) is 28.4 Å². The first-order valence-corrected chi connectivity index (χ1v) is 8.57. The molecule has 1 aliphatic heterocycles. The number of hydrogen-bond acceptors (Lipinski definition) is 3. The summed E-state index contributed by atoms with van der Waals surface area (Å²) in [5, 5.41) is 13.5. The molecule has 1 saturated carbocycles. The molecule has 1 amide bonds. The molecule has 1 saturated heterocycles. The van der Waals surface area contributed by atoms with Gasteiger partial charge in [-0.15, -0.1) is 0 Å². The summed E-state index contributed by atoms with van der Waals surface area (Å²) in [6.07, 6.45) is 3.33. The highest BCUT2D eigenvalue weighted by atomic mass is 32.1. The molecule has 4 atom stereocenters. The number of likely N-dealkylation sites (tertiary alicyclic amines) is 1. The van der Waals surface area contributed by atoms with Crippen molar-refractivity contribution in [2.45, 2.75) is 38.6 Å². The van der Waals surface area contributed by atoms with Gasteiger partial charge in [0.15, 0.2) is 0 Å². The van der Waals surface area contributed by atoms with Crippen molar-refractivity contribution in [3.05, 3.63) is 22.4 Å². The van der Waals surface area contributed by atoms with Crippen LogP contribution in [0.5, 0.6) is 0 Å². The first-order valence-electron chi connectivity index (χ1n) is 7.63.